The first-order chi connectivity index (χ1) is 14.1. The highest BCUT2D eigenvalue weighted by atomic mass is 16.5. The van der Waals surface area contributed by atoms with Crippen molar-refractivity contribution in [2.75, 3.05) is 43.0 Å². The highest BCUT2D eigenvalue weighted by molar-refractivity contribution is 5.95. The topological polar surface area (TPSA) is 61.9 Å². The van der Waals surface area contributed by atoms with Crippen molar-refractivity contribution in [2.45, 2.75) is 26.7 Å². The van der Waals surface area contributed by atoms with Crippen LogP contribution < -0.4 is 15.0 Å². The van der Waals surface area contributed by atoms with Crippen LogP contribution >= 0.6 is 0 Å². The lowest BCUT2D eigenvalue weighted by molar-refractivity contribution is -0.131. The van der Waals surface area contributed by atoms with Crippen molar-refractivity contribution in [2.24, 2.45) is 0 Å². The molecule has 1 saturated heterocycles. The molecule has 6 nitrogen and oxygen atoms in total. The SMILES string of the molecule is CCC(=O)N1CCN(c2ccccc2NC(=O)COc2ccc(CC)cc2)CC1. The number of carbonyl (C=O) groups excluding carboxylic acids is 2. The minimum atomic E-state index is -0.197. The van der Waals surface area contributed by atoms with Crippen molar-refractivity contribution in [1.29, 1.82) is 0 Å². The van der Waals surface area contributed by atoms with Gasteiger partial charge in [0.05, 0.1) is 11.4 Å². The third-order valence-electron chi connectivity index (χ3n) is 5.16. The molecule has 6 heteroatoms. The van der Waals surface area contributed by atoms with Gasteiger partial charge in [-0.05, 0) is 36.2 Å². The predicted octanol–water partition coefficient (Wildman–Crippen LogP) is 3.33. The third-order valence-corrected chi connectivity index (χ3v) is 5.16. The maximum absolute atomic E-state index is 12.4. The number of anilines is 2. The van der Waals surface area contributed by atoms with Crippen LogP contribution in [0.1, 0.15) is 25.8 Å². The Bertz CT molecular complexity index is 828. The van der Waals surface area contributed by atoms with E-state index >= 15 is 0 Å². The van der Waals surface area contributed by atoms with Crippen molar-refractivity contribution in [1.82, 2.24) is 4.90 Å². The molecular formula is C23H29N3O3. The van der Waals surface area contributed by atoms with E-state index in [0.717, 1.165) is 30.9 Å². The lowest BCUT2D eigenvalue weighted by atomic mass is 10.2. The van der Waals surface area contributed by atoms with E-state index in [1.165, 1.54) is 5.56 Å². The van der Waals surface area contributed by atoms with Crippen LogP contribution in [0.5, 0.6) is 5.75 Å². The van der Waals surface area contributed by atoms with Crippen LogP contribution in [0.4, 0.5) is 11.4 Å². The van der Waals surface area contributed by atoms with Crippen molar-refractivity contribution in [3.8, 4) is 5.75 Å². The maximum Gasteiger partial charge on any atom is 0.262 e. The van der Waals surface area contributed by atoms with Crippen LogP contribution in [-0.4, -0.2) is 49.5 Å². The molecule has 2 aromatic carbocycles. The Labute approximate surface area is 172 Å². The first kappa shape index (κ1) is 20.7. The van der Waals surface area contributed by atoms with Gasteiger partial charge < -0.3 is 19.9 Å². The third kappa shape index (κ3) is 5.50. The zero-order valence-corrected chi connectivity index (χ0v) is 17.2. The monoisotopic (exact) mass is 395 g/mol. The van der Waals surface area contributed by atoms with Gasteiger partial charge in [-0.15, -0.1) is 0 Å². The summed E-state index contributed by atoms with van der Waals surface area (Å²) in [5.74, 6) is 0.675. The van der Waals surface area contributed by atoms with Crippen molar-refractivity contribution in [3.63, 3.8) is 0 Å². The van der Waals surface area contributed by atoms with Gasteiger partial charge in [-0.2, -0.15) is 0 Å². The van der Waals surface area contributed by atoms with Crippen LogP contribution in [0, 0.1) is 0 Å². The van der Waals surface area contributed by atoms with Gasteiger partial charge in [0.1, 0.15) is 5.75 Å². The molecule has 1 fully saturated rings. The van der Waals surface area contributed by atoms with E-state index in [1.54, 1.807) is 0 Å². The van der Waals surface area contributed by atoms with Crippen LogP contribution in [0.3, 0.4) is 0 Å². The molecule has 29 heavy (non-hydrogen) atoms. The van der Waals surface area contributed by atoms with Gasteiger partial charge in [-0.1, -0.05) is 38.1 Å². The van der Waals surface area contributed by atoms with E-state index in [0.29, 0.717) is 25.3 Å². The van der Waals surface area contributed by atoms with Crippen LogP contribution in [-0.2, 0) is 16.0 Å². The fourth-order valence-corrected chi connectivity index (χ4v) is 3.43. The van der Waals surface area contributed by atoms with Crippen molar-refractivity contribution >= 4 is 23.2 Å². The number of para-hydroxylation sites is 2. The summed E-state index contributed by atoms with van der Waals surface area (Å²) in [5.41, 5.74) is 2.96. The molecule has 0 spiro atoms. The molecule has 0 unspecified atom stereocenters. The standard InChI is InChI=1S/C23H29N3O3/c1-3-18-9-11-19(12-10-18)29-17-22(27)24-20-7-5-6-8-21(20)25-13-15-26(16-14-25)23(28)4-2/h5-12H,3-4,13-17H2,1-2H3,(H,24,27). The number of nitrogens with zero attached hydrogens (tertiary/aromatic N) is 2. The van der Waals surface area contributed by atoms with Crippen molar-refractivity contribution in [3.05, 3.63) is 54.1 Å². The molecule has 0 atom stereocenters. The Balaban J connectivity index is 1.57. The number of ether oxygens (including phenoxy) is 1. The number of nitrogens with one attached hydrogen (secondary N) is 1. The summed E-state index contributed by atoms with van der Waals surface area (Å²) in [6.45, 7) is 6.84. The lowest BCUT2D eigenvalue weighted by Gasteiger charge is -2.36. The Morgan fingerprint density at radius 3 is 2.31 bits per heavy atom. The molecule has 1 aliphatic rings. The average molecular weight is 396 g/mol. The second kappa shape index (κ2) is 9.96. The van der Waals surface area contributed by atoms with Gasteiger partial charge in [-0.3, -0.25) is 9.59 Å². The fourth-order valence-electron chi connectivity index (χ4n) is 3.43. The van der Waals surface area contributed by atoms with E-state index in [-0.39, 0.29) is 18.4 Å². The molecule has 2 amide bonds. The lowest BCUT2D eigenvalue weighted by Crippen LogP contribution is -2.48. The molecule has 154 valence electrons. The van der Waals surface area contributed by atoms with Crippen LogP contribution in [0.25, 0.3) is 0 Å². The Morgan fingerprint density at radius 2 is 1.66 bits per heavy atom. The number of hydrogen-bond acceptors (Lipinski definition) is 4. The summed E-state index contributed by atoms with van der Waals surface area (Å²) in [5, 5.41) is 2.96. The smallest absolute Gasteiger partial charge is 0.262 e. The first-order valence-corrected chi connectivity index (χ1v) is 10.2. The average Bonchev–Trinajstić information content (AvgIpc) is 2.78. The van der Waals surface area contributed by atoms with E-state index in [1.807, 2.05) is 60.4 Å². The number of aryl methyl sites for hydroxylation is 1. The highest BCUT2D eigenvalue weighted by Gasteiger charge is 2.22. The highest BCUT2D eigenvalue weighted by Crippen LogP contribution is 2.26. The Kier molecular flexibility index (Phi) is 7.11. The molecule has 0 saturated carbocycles. The zero-order valence-electron chi connectivity index (χ0n) is 17.2. The fraction of sp³-hybridized carbons (Fsp3) is 0.391. The van der Waals surface area contributed by atoms with Gasteiger partial charge in [0.15, 0.2) is 6.61 Å². The van der Waals surface area contributed by atoms with Gasteiger partial charge >= 0.3 is 0 Å². The molecule has 3 rings (SSSR count). The Morgan fingerprint density at radius 1 is 0.966 bits per heavy atom. The summed E-state index contributed by atoms with van der Waals surface area (Å²) in [6.07, 6.45) is 1.51. The van der Waals surface area contributed by atoms with Crippen LogP contribution in [0.2, 0.25) is 0 Å². The zero-order chi connectivity index (χ0) is 20.6. The number of rotatable bonds is 7. The molecule has 0 bridgehead atoms. The maximum atomic E-state index is 12.4. The number of piperazine rings is 1. The van der Waals surface area contributed by atoms with E-state index in [4.69, 9.17) is 4.74 Å². The molecule has 0 aromatic heterocycles. The van der Waals surface area contributed by atoms with Gasteiger partial charge in [0.25, 0.3) is 5.91 Å². The van der Waals surface area contributed by atoms with Gasteiger partial charge in [0.2, 0.25) is 5.91 Å². The van der Waals surface area contributed by atoms with Gasteiger partial charge in [0, 0.05) is 32.6 Å². The number of benzene rings is 2. The minimum absolute atomic E-state index is 0.0431. The van der Waals surface area contributed by atoms with Gasteiger partial charge in [-0.25, -0.2) is 0 Å². The molecule has 1 aliphatic heterocycles. The second-order valence-corrected chi connectivity index (χ2v) is 7.07. The van der Waals surface area contributed by atoms with E-state index < -0.39 is 0 Å². The summed E-state index contributed by atoms with van der Waals surface area (Å²) >= 11 is 0. The minimum Gasteiger partial charge on any atom is -0.484 e. The number of amides is 2. The first-order valence-electron chi connectivity index (χ1n) is 10.2. The summed E-state index contributed by atoms with van der Waals surface area (Å²) in [4.78, 5) is 28.4. The molecular weight excluding hydrogens is 366 g/mol. The van der Waals surface area contributed by atoms with E-state index in [9.17, 15) is 9.59 Å². The van der Waals surface area contributed by atoms with E-state index in [2.05, 4.69) is 17.1 Å². The predicted molar refractivity (Wildman–Crippen MR) is 115 cm³/mol. The van der Waals surface area contributed by atoms with Crippen molar-refractivity contribution < 1.29 is 14.3 Å². The molecule has 2 aromatic rings. The molecule has 0 aliphatic carbocycles. The number of carbonyl (C=O) groups is 2. The largest absolute Gasteiger partial charge is 0.484 e. The summed E-state index contributed by atoms with van der Waals surface area (Å²) < 4.78 is 5.61. The molecule has 1 N–H and O–H groups in total. The van der Waals surface area contributed by atoms with Crippen LogP contribution in [0.15, 0.2) is 48.5 Å². The quantitative estimate of drug-likeness (QED) is 0.781. The number of hydrogen-bond donors (Lipinski definition) is 1. The summed E-state index contributed by atoms with van der Waals surface area (Å²) in [6, 6.07) is 15.5. The summed E-state index contributed by atoms with van der Waals surface area (Å²) in [7, 11) is 0. The Hall–Kier alpha value is -3.02. The second-order valence-electron chi connectivity index (χ2n) is 7.07. The molecule has 0 radical (unpaired) electrons. The normalized spacial score (nSPS) is 13.9. The molecule has 1 heterocycles.